The third-order valence-electron chi connectivity index (χ3n) is 4.27. The van der Waals surface area contributed by atoms with Gasteiger partial charge in [-0.05, 0) is 12.1 Å². The van der Waals surface area contributed by atoms with Gasteiger partial charge in [-0.2, -0.15) is 44.5 Å². The van der Waals surface area contributed by atoms with Crippen LogP contribution < -0.4 is 10.3 Å². The molecule has 2 aliphatic heterocycles. The van der Waals surface area contributed by atoms with Crippen LogP contribution in [0.1, 0.15) is 5.56 Å². The first kappa shape index (κ1) is 23.5. The van der Waals surface area contributed by atoms with Crippen LogP contribution in [0.4, 0.5) is 45.2 Å². The largest absolute Gasteiger partial charge is 0.449 e. The van der Waals surface area contributed by atoms with Gasteiger partial charge in [0.2, 0.25) is 5.84 Å². The number of nitrogens with one attached hydrogen (secondary N) is 2. The third-order valence-corrected chi connectivity index (χ3v) is 4.84. The maximum Gasteiger partial charge on any atom is 0.449 e. The van der Waals surface area contributed by atoms with Crippen molar-refractivity contribution in [2.45, 2.75) is 24.7 Å². The summed E-state index contributed by atoms with van der Waals surface area (Å²) < 4.78 is 118. The Balaban J connectivity index is 2.20. The van der Waals surface area contributed by atoms with Crippen molar-refractivity contribution in [3.63, 3.8) is 0 Å². The molecule has 5 nitrogen and oxygen atoms in total. The zero-order valence-corrected chi connectivity index (χ0v) is 16.2. The van der Waals surface area contributed by atoms with Gasteiger partial charge in [-0.3, -0.25) is 10.4 Å². The summed E-state index contributed by atoms with van der Waals surface area (Å²) in [5, 5.41) is 9.09. The third kappa shape index (κ3) is 4.03. The fourth-order valence-electron chi connectivity index (χ4n) is 2.99. The van der Waals surface area contributed by atoms with Crippen LogP contribution in [0.2, 0.25) is 10.0 Å². The van der Waals surface area contributed by atoms with Crippen LogP contribution in [0.15, 0.2) is 28.4 Å². The minimum atomic E-state index is -5.34. The number of amidine groups is 2. The summed E-state index contributed by atoms with van der Waals surface area (Å²) in [5.41, 5.74) is -4.68. The van der Waals surface area contributed by atoms with E-state index in [0.717, 1.165) is 12.4 Å². The molecule has 170 valence electrons. The molecule has 31 heavy (non-hydrogen) atoms. The number of anilines is 1. The van der Waals surface area contributed by atoms with E-state index >= 15 is 0 Å². The Bertz CT molecular complexity index is 987. The highest BCUT2D eigenvalue weighted by Crippen LogP contribution is 2.45. The Morgan fingerprint density at radius 3 is 1.87 bits per heavy atom. The van der Waals surface area contributed by atoms with Gasteiger partial charge in [-0.15, -0.1) is 0 Å². The molecule has 0 bridgehead atoms. The molecule has 0 aliphatic carbocycles. The lowest BCUT2D eigenvalue weighted by Crippen LogP contribution is -2.47. The van der Waals surface area contributed by atoms with E-state index in [2.05, 4.69) is 4.99 Å². The SMILES string of the molecule is CN1C2N=C(C(F)(F)F)NC(C(F)(F)F)=C2C(=N)N1c1c(Cl)cc(C(F)(F)F)cc1Cl. The first-order valence-electron chi connectivity index (χ1n) is 7.86. The number of nitrogens with zero attached hydrogens (tertiary/aromatic N) is 3. The van der Waals surface area contributed by atoms with E-state index in [4.69, 9.17) is 28.6 Å². The Kier molecular flexibility index (Phi) is 5.43. The number of aliphatic imine (C=N–C) groups is 1. The van der Waals surface area contributed by atoms with Crippen LogP contribution in [0.25, 0.3) is 0 Å². The van der Waals surface area contributed by atoms with Crippen molar-refractivity contribution in [1.29, 1.82) is 5.41 Å². The first-order chi connectivity index (χ1) is 13.9. The molecule has 1 atom stereocenters. The number of hydrogen-bond acceptors (Lipinski definition) is 4. The molecule has 1 aromatic carbocycles. The Morgan fingerprint density at radius 1 is 0.935 bits per heavy atom. The van der Waals surface area contributed by atoms with Crippen molar-refractivity contribution in [2.75, 3.05) is 12.1 Å². The number of rotatable bonds is 1. The molecule has 0 radical (unpaired) electrons. The Labute approximate surface area is 177 Å². The van der Waals surface area contributed by atoms with Crippen LogP contribution in [0.3, 0.4) is 0 Å². The van der Waals surface area contributed by atoms with Crippen molar-refractivity contribution in [1.82, 2.24) is 10.3 Å². The Morgan fingerprint density at radius 2 is 1.45 bits per heavy atom. The second kappa shape index (κ2) is 7.17. The molecule has 1 fully saturated rings. The van der Waals surface area contributed by atoms with Crippen LogP contribution >= 0.6 is 23.2 Å². The van der Waals surface area contributed by atoms with Gasteiger partial charge in [0.05, 0.1) is 26.9 Å². The molecule has 2 aliphatic rings. The molecule has 3 rings (SSSR count). The molecule has 0 spiro atoms. The number of allylic oxidation sites excluding steroid dienone is 1. The van der Waals surface area contributed by atoms with Gasteiger partial charge in [-0.1, -0.05) is 23.2 Å². The van der Waals surface area contributed by atoms with E-state index in [-0.39, 0.29) is 0 Å². The van der Waals surface area contributed by atoms with Crippen LogP contribution in [0.5, 0.6) is 0 Å². The average molecular weight is 500 g/mol. The molecule has 0 aromatic heterocycles. The fourth-order valence-corrected chi connectivity index (χ4v) is 3.64. The second-order valence-corrected chi connectivity index (χ2v) is 7.10. The summed E-state index contributed by atoms with van der Waals surface area (Å²) in [6.45, 7) is 0. The van der Waals surface area contributed by atoms with E-state index in [1.54, 1.807) is 0 Å². The highest BCUT2D eigenvalue weighted by atomic mass is 35.5. The van der Waals surface area contributed by atoms with E-state index in [9.17, 15) is 39.5 Å². The lowest BCUT2D eigenvalue weighted by molar-refractivity contribution is -0.137. The minimum absolute atomic E-state index is 0.424. The first-order valence-corrected chi connectivity index (χ1v) is 8.61. The maximum atomic E-state index is 13.5. The minimum Gasteiger partial charge on any atom is -0.332 e. The van der Waals surface area contributed by atoms with E-state index in [1.165, 1.54) is 0 Å². The number of halogens is 11. The van der Waals surface area contributed by atoms with Gasteiger partial charge in [0.1, 0.15) is 11.5 Å². The molecule has 1 unspecified atom stereocenters. The van der Waals surface area contributed by atoms with Crippen LogP contribution in [-0.4, -0.2) is 42.2 Å². The van der Waals surface area contributed by atoms with Gasteiger partial charge >= 0.3 is 18.5 Å². The number of hydrazine groups is 1. The number of hydrogen-bond donors (Lipinski definition) is 2. The Hall–Kier alpha value is -2.19. The number of alkyl halides is 9. The van der Waals surface area contributed by atoms with Crippen molar-refractivity contribution in [3.8, 4) is 0 Å². The zero-order valence-electron chi connectivity index (χ0n) is 14.7. The predicted octanol–water partition coefficient (Wildman–Crippen LogP) is 5.36. The molecule has 16 heteroatoms. The molecule has 1 aromatic rings. The summed E-state index contributed by atoms with van der Waals surface area (Å²) in [7, 11) is 0.980. The molecule has 0 saturated carbocycles. The van der Waals surface area contributed by atoms with Crippen molar-refractivity contribution in [2.24, 2.45) is 4.99 Å². The standard InChI is InChI=1S/C15H8Cl2F9N5/c1-30-11-7(9(14(21,22)23)28-12(29-11)15(24,25)26)10(27)31(30)8-5(16)2-4(3-6(8)17)13(18,19)20/h2-3,11,27H,1H3,(H,28,29). The second-order valence-electron chi connectivity index (χ2n) is 6.28. The summed E-state index contributed by atoms with van der Waals surface area (Å²) in [6.07, 6.45) is -17.4. The van der Waals surface area contributed by atoms with E-state index < -0.39 is 68.9 Å². The van der Waals surface area contributed by atoms with E-state index in [1.807, 2.05) is 0 Å². The summed E-state index contributed by atoms with van der Waals surface area (Å²) >= 11 is 11.7. The van der Waals surface area contributed by atoms with Gasteiger partial charge in [0, 0.05) is 7.05 Å². The fraction of sp³-hybridized carbons (Fsp3) is 0.333. The highest BCUT2D eigenvalue weighted by Gasteiger charge is 2.53. The van der Waals surface area contributed by atoms with Crippen LogP contribution in [-0.2, 0) is 6.18 Å². The predicted molar refractivity (Wildman–Crippen MR) is 92.9 cm³/mol. The summed E-state index contributed by atoms with van der Waals surface area (Å²) in [6, 6.07) is 0.848. The topological polar surface area (TPSA) is 54.7 Å². The molecule has 0 amide bonds. The number of likely N-dealkylation sites (N-methyl/N-ethyl adjacent to an activating group) is 1. The number of fused-ring (bicyclic) bond motifs is 1. The lowest BCUT2D eigenvalue weighted by Gasteiger charge is -2.30. The normalized spacial score (nSPS) is 20.8. The van der Waals surface area contributed by atoms with Crippen molar-refractivity contribution >= 4 is 40.6 Å². The summed E-state index contributed by atoms with van der Waals surface area (Å²) in [5.74, 6) is -2.99. The van der Waals surface area contributed by atoms with E-state index in [0.29, 0.717) is 22.2 Å². The lowest BCUT2D eigenvalue weighted by atomic mass is 10.1. The van der Waals surface area contributed by atoms with Gasteiger partial charge < -0.3 is 5.32 Å². The zero-order chi connectivity index (χ0) is 23.7. The van der Waals surface area contributed by atoms with Crippen LogP contribution in [0, 0.1) is 5.41 Å². The molecule has 2 heterocycles. The van der Waals surface area contributed by atoms with Crippen molar-refractivity contribution < 1.29 is 39.5 Å². The van der Waals surface area contributed by atoms with Gasteiger partial charge in [-0.25, -0.2) is 4.99 Å². The van der Waals surface area contributed by atoms with Gasteiger partial charge in [0.25, 0.3) is 0 Å². The number of benzene rings is 1. The van der Waals surface area contributed by atoms with Crippen molar-refractivity contribution in [3.05, 3.63) is 39.0 Å². The smallest absolute Gasteiger partial charge is 0.332 e. The molecule has 1 saturated heterocycles. The summed E-state index contributed by atoms with van der Waals surface area (Å²) in [4.78, 5) is 3.20. The quantitative estimate of drug-likeness (QED) is 0.511. The maximum absolute atomic E-state index is 13.5. The molecular formula is C15H8Cl2F9N5. The van der Waals surface area contributed by atoms with Gasteiger partial charge in [0.15, 0.2) is 6.17 Å². The monoisotopic (exact) mass is 499 g/mol. The molecule has 2 N–H and O–H groups in total. The highest BCUT2D eigenvalue weighted by molar-refractivity contribution is 6.40. The molecular weight excluding hydrogens is 492 g/mol. The average Bonchev–Trinajstić information content (AvgIpc) is 2.83.